The fraction of sp³-hybridized carbons (Fsp3) is 0.312. The maximum Gasteiger partial charge on any atom is 0.322 e. The van der Waals surface area contributed by atoms with Gasteiger partial charge in [-0.2, -0.15) is 5.10 Å². The van der Waals surface area contributed by atoms with Crippen molar-refractivity contribution in [1.29, 1.82) is 0 Å². The van der Waals surface area contributed by atoms with Gasteiger partial charge in [0.15, 0.2) is 0 Å². The van der Waals surface area contributed by atoms with Crippen molar-refractivity contribution in [3.05, 3.63) is 47.5 Å². The van der Waals surface area contributed by atoms with Crippen molar-refractivity contribution in [1.82, 2.24) is 20.0 Å². The number of urea groups is 1. The van der Waals surface area contributed by atoms with Gasteiger partial charge in [0.05, 0.1) is 11.4 Å². The first-order chi connectivity index (χ1) is 11.5. The van der Waals surface area contributed by atoms with Crippen LogP contribution >= 0.6 is 0 Å². The molecule has 7 nitrogen and oxygen atoms in total. The summed E-state index contributed by atoms with van der Waals surface area (Å²) in [6, 6.07) is 4.43. The Hall–Kier alpha value is -2.90. The van der Waals surface area contributed by atoms with Crippen molar-refractivity contribution < 1.29 is 14.0 Å². The fourth-order valence-electron chi connectivity index (χ4n) is 2.80. The molecule has 1 fully saturated rings. The van der Waals surface area contributed by atoms with Gasteiger partial charge < -0.3 is 15.5 Å². The first-order valence-corrected chi connectivity index (χ1v) is 7.57. The van der Waals surface area contributed by atoms with Crippen LogP contribution in [-0.2, 0) is 11.8 Å². The average molecular weight is 331 g/mol. The van der Waals surface area contributed by atoms with E-state index in [9.17, 15) is 14.0 Å². The molecule has 2 N–H and O–H groups in total. The van der Waals surface area contributed by atoms with E-state index in [4.69, 9.17) is 0 Å². The first kappa shape index (κ1) is 16.0. The van der Waals surface area contributed by atoms with Gasteiger partial charge in [0.1, 0.15) is 11.9 Å². The molecule has 1 saturated heterocycles. The van der Waals surface area contributed by atoms with Gasteiger partial charge in [0, 0.05) is 26.3 Å². The number of carbonyl (C=O) groups excluding carboxylic acids is 2. The van der Waals surface area contributed by atoms with Gasteiger partial charge in [-0.3, -0.25) is 9.48 Å². The number of hydrogen-bond donors (Lipinski definition) is 2. The molecule has 0 bridgehead atoms. The second-order valence-corrected chi connectivity index (χ2v) is 5.67. The molecule has 8 heteroatoms. The monoisotopic (exact) mass is 331 g/mol. The molecule has 0 radical (unpaired) electrons. The number of benzene rings is 1. The molecule has 0 aliphatic carbocycles. The number of carbonyl (C=O) groups is 2. The summed E-state index contributed by atoms with van der Waals surface area (Å²) < 4.78 is 15.1. The summed E-state index contributed by atoms with van der Waals surface area (Å²) >= 11 is 0. The number of aryl methyl sites for hydroxylation is 2. The summed E-state index contributed by atoms with van der Waals surface area (Å²) in [5, 5.41) is 9.65. The van der Waals surface area contributed by atoms with Crippen LogP contribution in [0.3, 0.4) is 0 Å². The average Bonchev–Trinajstić information content (AvgIpc) is 2.84. The quantitative estimate of drug-likeness (QED) is 0.877. The van der Waals surface area contributed by atoms with Crippen LogP contribution in [0.1, 0.15) is 17.3 Å². The fourth-order valence-corrected chi connectivity index (χ4v) is 2.80. The number of amides is 3. The van der Waals surface area contributed by atoms with E-state index in [1.807, 2.05) is 0 Å². The SMILES string of the molecule is Cc1nn(C)cc1NC(=O)N1CCNC(=O)C1c1cccc(F)c1. The molecule has 24 heavy (non-hydrogen) atoms. The van der Waals surface area contributed by atoms with Gasteiger partial charge in [-0.05, 0) is 24.6 Å². The molecular weight excluding hydrogens is 313 g/mol. The largest absolute Gasteiger partial charge is 0.352 e. The molecular formula is C16H18FN5O2. The van der Waals surface area contributed by atoms with Gasteiger partial charge in [-0.15, -0.1) is 0 Å². The number of anilines is 1. The maximum atomic E-state index is 13.5. The summed E-state index contributed by atoms with van der Waals surface area (Å²) in [5.41, 5.74) is 1.69. The van der Waals surface area contributed by atoms with Crippen molar-refractivity contribution in [3.8, 4) is 0 Å². The zero-order valence-electron chi connectivity index (χ0n) is 13.4. The zero-order chi connectivity index (χ0) is 17.3. The highest BCUT2D eigenvalue weighted by atomic mass is 19.1. The van der Waals surface area contributed by atoms with Crippen molar-refractivity contribution in [2.45, 2.75) is 13.0 Å². The maximum absolute atomic E-state index is 13.5. The minimum atomic E-state index is -0.869. The van der Waals surface area contributed by atoms with Crippen molar-refractivity contribution in [2.75, 3.05) is 18.4 Å². The number of aromatic nitrogens is 2. The highest BCUT2D eigenvalue weighted by molar-refractivity contribution is 5.95. The number of hydrogen-bond acceptors (Lipinski definition) is 3. The van der Waals surface area contributed by atoms with Gasteiger partial charge in [0.2, 0.25) is 5.91 Å². The van der Waals surface area contributed by atoms with Crippen molar-refractivity contribution in [2.24, 2.45) is 7.05 Å². The second-order valence-electron chi connectivity index (χ2n) is 5.67. The van der Waals surface area contributed by atoms with Gasteiger partial charge in [-0.25, -0.2) is 9.18 Å². The van der Waals surface area contributed by atoms with Crippen molar-refractivity contribution >= 4 is 17.6 Å². The van der Waals surface area contributed by atoms with E-state index in [1.54, 1.807) is 30.9 Å². The van der Waals surface area contributed by atoms with E-state index in [-0.39, 0.29) is 5.91 Å². The molecule has 1 aromatic carbocycles. The summed E-state index contributed by atoms with van der Waals surface area (Å²) in [5.74, 6) is -0.778. The molecule has 1 atom stereocenters. The predicted molar refractivity (Wildman–Crippen MR) is 85.8 cm³/mol. The summed E-state index contributed by atoms with van der Waals surface area (Å²) in [6.45, 7) is 2.46. The lowest BCUT2D eigenvalue weighted by Gasteiger charge is -2.35. The topological polar surface area (TPSA) is 79.3 Å². The van der Waals surface area contributed by atoms with Gasteiger partial charge in [-0.1, -0.05) is 12.1 Å². The molecule has 1 aromatic heterocycles. The minimum Gasteiger partial charge on any atom is -0.352 e. The summed E-state index contributed by atoms with van der Waals surface area (Å²) in [6.07, 6.45) is 1.69. The molecule has 2 aromatic rings. The second kappa shape index (κ2) is 6.31. The summed E-state index contributed by atoms with van der Waals surface area (Å²) in [4.78, 5) is 26.3. The van der Waals surface area contributed by atoms with Crippen LogP contribution < -0.4 is 10.6 Å². The Morgan fingerprint density at radius 1 is 1.46 bits per heavy atom. The van der Waals surface area contributed by atoms with Crippen LogP contribution in [0.15, 0.2) is 30.5 Å². The highest BCUT2D eigenvalue weighted by Crippen LogP contribution is 2.25. The van der Waals surface area contributed by atoms with Crippen LogP contribution in [0.4, 0.5) is 14.9 Å². The van der Waals surface area contributed by atoms with Crippen LogP contribution in [0.2, 0.25) is 0 Å². The van der Waals surface area contributed by atoms with E-state index < -0.39 is 17.9 Å². The van der Waals surface area contributed by atoms with E-state index in [0.717, 1.165) is 0 Å². The molecule has 3 amide bonds. The third-order valence-electron chi connectivity index (χ3n) is 3.89. The van der Waals surface area contributed by atoms with Crippen LogP contribution in [0.5, 0.6) is 0 Å². The standard InChI is InChI=1S/C16H18FN5O2/c1-10-13(9-21(2)20-10)19-16(24)22-7-6-18-15(23)14(22)11-4-3-5-12(17)8-11/h3-5,8-9,14H,6-7H2,1-2H3,(H,18,23)(H,19,24). The zero-order valence-corrected chi connectivity index (χ0v) is 13.4. The predicted octanol–water partition coefficient (Wildman–Crippen LogP) is 1.57. The normalized spacial score (nSPS) is 17.5. The Kier molecular flexibility index (Phi) is 4.20. The Morgan fingerprint density at radius 2 is 2.25 bits per heavy atom. The number of nitrogens with one attached hydrogen (secondary N) is 2. The summed E-state index contributed by atoms with van der Waals surface area (Å²) in [7, 11) is 1.76. The Labute approximate surface area is 138 Å². The van der Waals surface area contributed by atoms with Crippen LogP contribution in [0.25, 0.3) is 0 Å². The molecule has 0 spiro atoms. The number of nitrogens with zero attached hydrogens (tertiary/aromatic N) is 3. The molecule has 2 heterocycles. The van der Waals surface area contributed by atoms with Gasteiger partial charge >= 0.3 is 6.03 Å². The first-order valence-electron chi connectivity index (χ1n) is 7.57. The van der Waals surface area contributed by atoms with Crippen LogP contribution in [-0.4, -0.2) is 39.7 Å². The third kappa shape index (κ3) is 3.08. The minimum absolute atomic E-state index is 0.329. The van der Waals surface area contributed by atoms with E-state index in [1.165, 1.54) is 23.1 Å². The third-order valence-corrected chi connectivity index (χ3v) is 3.89. The van der Waals surface area contributed by atoms with E-state index in [2.05, 4.69) is 15.7 Å². The molecule has 3 rings (SSSR count). The molecule has 1 unspecified atom stereocenters. The van der Waals surface area contributed by atoms with E-state index in [0.29, 0.717) is 30.0 Å². The molecule has 1 aliphatic heterocycles. The Bertz CT molecular complexity index is 789. The van der Waals surface area contributed by atoms with Gasteiger partial charge in [0.25, 0.3) is 0 Å². The number of rotatable bonds is 2. The molecule has 0 saturated carbocycles. The Balaban J connectivity index is 1.87. The Morgan fingerprint density at radius 3 is 2.92 bits per heavy atom. The lowest BCUT2D eigenvalue weighted by Crippen LogP contribution is -2.53. The lowest BCUT2D eigenvalue weighted by atomic mass is 10.0. The highest BCUT2D eigenvalue weighted by Gasteiger charge is 2.34. The van der Waals surface area contributed by atoms with Crippen LogP contribution in [0, 0.1) is 12.7 Å². The molecule has 1 aliphatic rings. The number of halogens is 1. The molecule has 126 valence electrons. The lowest BCUT2D eigenvalue weighted by molar-refractivity contribution is -0.127. The number of piperazine rings is 1. The van der Waals surface area contributed by atoms with Crippen molar-refractivity contribution in [3.63, 3.8) is 0 Å². The van der Waals surface area contributed by atoms with E-state index >= 15 is 0 Å². The smallest absolute Gasteiger partial charge is 0.322 e.